The number of hydrogen-bond acceptors (Lipinski definition) is 8. The van der Waals surface area contributed by atoms with Crippen LogP contribution in [0.5, 0.6) is 5.75 Å². The summed E-state index contributed by atoms with van der Waals surface area (Å²) in [5.74, 6) is 0.764. The third-order valence-corrected chi connectivity index (χ3v) is 7.50. The normalized spacial score (nSPS) is 11.6. The summed E-state index contributed by atoms with van der Waals surface area (Å²) in [6.45, 7) is 2.98. The number of carbonyl (C=O) groups is 1. The van der Waals surface area contributed by atoms with Gasteiger partial charge < -0.3 is 14.6 Å². The Morgan fingerprint density at radius 3 is 2.68 bits per heavy atom. The topological polar surface area (TPSA) is 113 Å². The van der Waals surface area contributed by atoms with Crippen molar-refractivity contribution in [3.8, 4) is 38.8 Å². The number of thiophene rings is 1. The predicted molar refractivity (Wildman–Crippen MR) is 150 cm³/mol. The Morgan fingerprint density at radius 2 is 1.87 bits per heavy atom. The van der Waals surface area contributed by atoms with Gasteiger partial charge >= 0.3 is 0 Å². The van der Waals surface area contributed by atoms with Crippen molar-refractivity contribution in [1.29, 1.82) is 0 Å². The maximum Gasteiger partial charge on any atom is 0.169 e. The highest BCUT2D eigenvalue weighted by Gasteiger charge is 2.16. The summed E-state index contributed by atoms with van der Waals surface area (Å²) in [6, 6.07) is 9.88. The molecule has 0 aromatic carbocycles. The highest BCUT2D eigenvalue weighted by atomic mass is 32.1. The largest absolute Gasteiger partial charge is 0.491 e. The smallest absolute Gasteiger partial charge is 0.169 e. The molecule has 6 rings (SSSR count). The Hall–Kier alpha value is -4.41. The van der Waals surface area contributed by atoms with Crippen molar-refractivity contribution in [1.82, 2.24) is 35.0 Å². The van der Waals surface area contributed by atoms with Crippen molar-refractivity contribution >= 4 is 38.9 Å². The Labute approximate surface area is 222 Å². The maximum absolute atomic E-state index is 11.8. The average molecular weight is 524 g/mol. The maximum atomic E-state index is 11.8. The van der Waals surface area contributed by atoms with Gasteiger partial charge in [-0.1, -0.05) is 0 Å². The molecule has 0 amide bonds. The highest BCUT2D eigenvalue weighted by Crippen LogP contribution is 2.37. The molecule has 190 valence electrons. The second-order valence-corrected chi connectivity index (χ2v) is 10.4. The van der Waals surface area contributed by atoms with E-state index in [1.54, 1.807) is 31.7 Å². The van der Waals surface area contributed by atoms with Crippen LogP contribution in [-0.4, -0.2) is 68.1 Å². The SMILES string of the molecule is CC(=O)c1ccc(-c2cncc3[nH]c(-c4n[nH]c5cnc(-c6cncc(OCCN(C)C)c6)cc45)cc23)s1. The molecule has 0 aliphatic rings. The van der Waals surface area contributed by atoms with Crippen LogP contribution in [0.15, 0.2) is 61.3 Å². The number of fused-ring (bicyclic) bond motifs is 2. The summed E-state index contributed by atoms with van der Waals surface area (Å²) in [4.78, 5) is 32.5. The van der Waals surface area contributed by atoms with Gasteiger partial charge in [-0.2, -0.15) is 5.10 Å². The first kappa shape index (κ1) is 24.0. The molecule has 10 heteroatoms. The second-order valence-electron chi connectivity index (χ2n) is 9.30. The summed E-state index contributed by atoms with van der Waals surface area (Å²) in [7, 11) is 4.02. The van der Waals surface area contributed by atoms with Crippen LogP contribution in [0.4, 0.5) is 0 Å². The molecule has 2 N–H and O–H groups in total. The third-order valence-electron chi connectivity index (χ3n) is 6.28. The van der Waals surface area contributed by atoms with Gasteiger partial charge in [0.05, 0.1) is 45.9 Å². The van der Waals surface area contributed by atoms with Gasteiger partial charge in [0.2, 0.25) is 0 Å². The lowest BCUT2D eigenvalue weighted by Gasteiger charge is -2.11. The van der Waals surface area contributed by atoms with Gasteiger partial charge in [-0.3, -0.25) is 24.8 Å². The molecule has 6 aromatic rings. The van der Waals surface area contributed by atoms with E-state index in [1.165, 1.54) is 11.3 Å². The molecule has 0 aliphatic heterocycles. The van der Waals surface area contributed by atoms with E-state index in [-0.39, 0.29) is 5.78 Å². The number of rotatable bonds is 8. The summed E-state index contributed by atoms with van der Waals surface area (Å²) in [5.41, 5.74) is 5.99. The van der Waals surface area contributed by atoms with E-state index >= 15 is 0 Å². The molecule has 0 radical (unpaired) electrons. The highest BCUT2D eigenvalue weighted by molar-refractivity contribution is 7.17. The number of nitrogens with zero attached hydrogens (tertiary/aromatic N) is 5. The van der Waals surface area contributed by atoms with Gasteiger partial charge in [0.1, 0.15) is 18.1 Å². The molecular formula is C28H25N7O2S. The number of Topliss-reactive ketones (excluding diaryl/α,β-unsaturated/α-hetero) is 1. The molecule has 0 spiro atoms. The minimum atomic E-state index is 0.0596. The van der Waals surface area contributed by atoms with E-state index in [9.17, 15) is 4.79 Å². The minimum Gasteiger partial charge on any atom is -0.491 e. The number of ketones is 1. The summed E-state index contributed by atoms with van der Waals surface area (Å²) in [6.07, 6.45) is 8.91. The van der Waals surface area contributed by atoms with Gasteiger partial charge in [0.25, 0.3) is 0 Å². The first-order chi connectivity index (χ1) is 18.5. The van der Waals surface area contributed by atoms with Gasteiger partial charge in [-0.05, 0) is 51.4 Å². The number of H-pyrrole nitrogens is 2. The van der Waals surface area contributed by atoms with Crippen molar-refractivity contribution in [2.45, 2.75) is 6.92 Å². The van der Waals surface area contributed by atoms with E-state index in [0.717, 1.165) is 66.3 Å². The van der Waals surface area contributed by atoms with Gasteiger partial charge in [-0.25, -0.2) is 0 Å². The summed E-state index contributed by atoms with van der Waals surface area (Å²) in [5, 5.41) is 9.64. The number of carbonyl (C=O) groups excluding carboxylic acids is 1. The average Bonchev–Trinajstić information content (AvgIpc) is 3.66. The minimum absolute atomic E-state index is 0.0596. The van der Waals surface area contributed by atoms with Crippen LogP contribution in [0.25, 0.3) is 54.9 Å². The molecule has 0 atom stereocenters. The predicted octanol–water partition coefficient (Wildman–Crippen LogP) is 5.43. The zero-order valence-electron chi connectivity index (χ0n) is 21.1. The molecule has 0 fully saturated rings. The van der Waals surface area contributed by atoms with Gasteiger partial charge in [0.15, 0.2) is 5.78 Å². The van der Waals surface area contributed by atoms with Crippen LogP contribution in [0.2, 0.25) is 0 Å². The van der Waals surface area contributed by atoms with Crippen LogP contribution >= 0.6 is 11.3 Å². The van der Waals surface area contributed by atoms with E-state index in [4.69, 9.17) is 4.74 Å². The Balaban J connectivity index is 1.37. The third kappa shape index (κ3) is 4.55. The van der Waals surface area contributed by atoms with Gasteiger partial charge in [-0.15, -0.1) is 11.3 Å². The van der Waals surface area contributed by atoms with Crippen molar-refractivity contribution in [2.75, 3.05) is 27.2 Å². The quantitative estimate of drug-likeness (QED) is 0.256. The number of pyridine rings is 3. The van der Waals surface area contributed by atoms with E-state index in [2.05, 4.69) is 41.1 Å². The number of aromatic nitrogens is 6. The Morgan fingerprint density at radius 1 is 1.00 bits per heavy atom. The Bertz CT molecular complexity index is 1780. The molecule has 0 unspecified atom stereocenters. The van der Waals surface area contributed by atoms with Crippen LogP contribution < -0.4 is 4.74 Å². The van der Waals surface area contributed by atoms with Crippen molar-refractivity contribution < 1.29 is 9.53 Å². The Kier molecular flexibility index (Phi) is 6.18. The van der Waals surface area contributed by atoms with E-state index in [0.29, 0.717) is 12.4 Å². The zero-order chi connectivity index (χ0) is 26.2. The number of likely N-dealkylation sites (N-methyl/N-ethyl adjacent to an activating group) is 1. The lowest BCUT2D eigenvalue weighted by Crippen LogP contribution is -2.19. The monoisotopic (exact) mass is 523 g/mol. The molecule has 38 heavy (non-hydrogen) atoms. The molecule has 6 heterocycles. The number of nitrogens with one attached hydrogen (secondary N) is 2. The first-order valence-corrected chi connectivity index (χ1v) is 12.9. The first-order valence-electron chi connectivity index (χ1n) is 12.1. The van der Waals surface area contributed by atoms with E-state index in [1.807, 2.05) is 44.6 Å². The molecule has 0 aliphatic carbocycles. The van der Waals surface area contributed by atoms with Crippen molar-refractivity contribution in [3.05, 3.63) is 66.2 Å². The molecule has 0 saturated carbocycles. The lowest BCUT2D eigenvalue weighted by atomic mass is 10.1. The standard InChI is InChI=1S/C28H25N7O2S/c1-16(36)26-4-5-27(38-26)21-13-30-14-24-19(21)9-23(32-24)28-20-10-22(31-15-25(20)33-34-28)17-8-18(12-29-11-17)37-7-6-35(2)3/h4-5,8-15,32H,6-7H2,1-3H3,(H,33,34). The zero-order valence-corrected chi connectivity index (χ0v) is 22.0. The van der Waals surface area contributed by atoms with Crippen LogP contribution in [0.3, 0.4) is 0 Å². The fraction of sp³-hybridized carbons (Fsp3) is 0.179. The number of aromatic amines is 2. The molecule has 6 aromatic heterocycles. The van der Waals surface area contributed by atoms with Crippen LogP contribution in [0, 0.1) is 0 Å². The summed E-state index contributed by atoms with van der Waals surface area (Å²) < 4.78 is 5.86. The molecule has 9 nitrogen and oxygen atoms in total. The number of hydrogen-bond donors (Lipinski definition) is 2. The van der Waals surface area contributed by atoms with Crippen molar-refractivity contribution in [3.63, 3.8) is 0 Å². The lowest BCUT2D eigenvalue weighted by molar-refractivity contribution is 0.102. The van der Waals surface area contributed by atoms with Crippen molar-refractivity contribution in [2.24, 2.45) is 0 Å². The fourth-order valence-electron chi connectivity index (χ4n) is 4.31. The van der Waals surface area contributed by atoms with Crippen LogP contribution in [-0.2, 0) is 0 Å². The van der Waals surface area contributed by atoms with Gasteiger partial charge in [0, 0.05) is 45.7 Å². The molecular weight excluding hydrogens is 498 g/mol. The molecule has 0 saturated heterocycles. The van der Waals surface area contributed by atoms with E-state index < -0.39 is 0 Å². The molecule has 0 bridgehead atoms. The fourth-order valence-corrected chi connectivity index (χ4v) is 5.24. The van der Waals surface area contributed by atoms with Crippen LogP contribution in [0.1, 0.15) is 16.6 Å². The summed E-state index contributed by atoms with van der Waals surface area (Å²) >= 11 is 1.47. The number of ether oxygens (including phenoxy) is 1. The second kappa shape index (κ2) is 9.81.